The highest BCUT2D eigenvalue weighted by atomic mass is 16.7. The molecule has 0 aromatic heterocycles. The van der Waals surface area contributed by atoms with Crippen molar-refractivity contribution in [1.29, 1.82) is 0 Å². The van der Waals surface area contributed by atoms with E-state index < -0.39 is 5.41 Å². The molecule has 0 bridgehead atoms. The van der Waals surface area contributed by atoms with Gasteiger partial charge in [-0.1, -0.05) is 92.1 Å². The fourth-order valence-electron chi connectivity index (χ4n) is 4.90. The molecule has 0 saturated heterocycles. The number of carbonyl (C=O) groups excluding carboxylic acids is 2. The fourth-order valence-corrected chi connectivity index (χ4v) is 4.90. The van der Waals surface area contributed by atoms with E-state index in [1.165, 1.54) is 0 Å². The van der Waals surface area contributed by atoms with Crippen molar-refractivity contribution in [1.82, 2.24) is 16.1 Å². The molecule has 0 heterocycles. The van der Waals surface area contributed by atoms with Crippen LogP contribution in [0.4, 0.5) is 4.79 Å². The van der Waals surface area contributed by atoms with Crippen LogP contribution in [0.1, 0.15) is 55.7 Å². The molecule has 0 unspecified atom stereocenters. The third kappa shape index (κ3) is 8.86. The van der Waals surface area contributed by atoms with Crippen molar-refractivity contribution in [2.75, 3.05) is 6.54 Å². The first-order chi connectivity index (χ1) is 19.0. The zero-order chi connectivity index (χ0) is 27.3. The molecule has 206 valence electrons. The van der Waals surface area contributed by atoms with Crippen molar-refractivity contribution in [3.63, 3.8) is 0 Å². The summed E-state index contributed by atoms with van der Waals surface area (Å²) in [6, 6.07) is 27.5. The first kappa shape index (κ1) is 28.2. The van der Waals surface area contributed by atoms with Crippen LogP contribution < -0.4 is 20.9 Å². The molecule has 3 aromatic carbocycles. The van der Waals surface area contributed by atoms with Gasteiger partial charge >= 0.3 is 6.03 Å². The lowest BCUT2D eigenvalue weighted by Gasteiger charge is -2.36. The summed E-state index contributed by atoms with van der Waals surface area (Å²) in [5.41, 5.74) is 5.28. The zero-order valence-electron chi connectivity index (χ0n) is 22.7. The van der Waals surface area contributed by atoms with Crippen molar-refractivity contribution in [3.05, 3.63) is 102 Å². The van der Waals surface area contributed by atoms with Crippen molar-refractivity contribution in [2.45, 2.75) is 64.7 Å². The van der Waals surface area contributed by atoms with Crippen molar-refractivity contribution in [3.8, 4) is 5.75 Å². The van der Waals surface area contributed by atoms with Crippen LogP contribution in [0.3, 0.4) is 0 Å². The zero-order valence-corrected chi connectivity index (χ0v) is 22.7. The van der Waals surface area contributed by atoms with Gasteiger partial charge in [-0.25, -0.2) is 10.3 Å². The third-order valence-corrected chi connectivity index (χ3v) is 7.22. The molecule has 1 fully saturated rings. The van der Waals surface area contributed by atoms with Crippen LogP contribution in [-0.4, -0.2) is 24.6 Å². The normalized spacial score (nSPS) is 15.1. The van der Waals surface area contributed by atoms with E-state index in [-0.39, 0.29) is 24.6 Å². The molecule has 1 saturated carbocycles. The Hall–Kier alpha value is -3.84. The second-order valence-corrected chi connectivity index (χ2v) is 10.3. The van der Waals surface area contributed by atoms with Crippen molar-refractivity contribution >= 4 is 11.9 Å². The van der Waals surface area contributed by atoms with E-state index in [4.69, 9.17) is 9.57 Å². The van der Waals surface area contributed by atoms with Gasteiger partial charge in [0.1, 0.15) is 12.4 Å². The number of hydrogen-bond donors (Lipinski definition) is 3. The molecule has 4 rings (SSSR count). The number of carbonyl (C=O) groups is 2. The minimum atomic E-state index is -0.667. The molecule has 1 aliphatic carbocycles. The lowest BCUT2D eigenvalue weighted by atomic mass is 9.73. The first-order valence-electron chi connectivity index (χ1n) is 13.8. The number of hydrogen-bond acceptors (Lipinski definition) is 4. The maximum atomic E-state index is 13.3. The number of hydroxylamine groups is 1. The van der Waals surface area contributed by atoms with Gasteiger partial charge in [0.05, 0.1) is 11.5 Å². The average Bonchev–Trinajstić information content (AvgIpc) is 2.99. The van der Waals surface area contributed by atoms with Gasteiger partial charge in [0.15, 0.2) is 0 Å². The monoisotopic (exact) mass is 529 g/mol. The molecule has 0 radical (unpaired) electrons. The maximum Gasteiger partial charge on any atom is 0.315 e. The second-order valence-electron chi connectivity index (χ2n) is 10.3. The molecule has 3 N–H and O–H groups in total. The number of urea groups is 1. The van der Waals surface area contributed by atoms with Gasteiger partial charge in [-0.15, -0.1) is 0 Å². The maximum absolute atomic E-state index is 13.3. The van der Waals surface area contributed by atoms with Crippen LogP contribution in [0.2, 0.25) is 0 Å². The Labute approximate surface area is 231 Å². The minimum Gasteiger partial charge on any atom is -0.489 e. The van der Waals surface area contributed by atoms with Gasteiger partial charge in [-0.3, -0.25) is 9.63 Å². The summed E-state index contributed by atoms with van der Waals surface area (Å²) < 4.78 is 5.86. The second kappa shape index (κ2) is 14.4. The Morgan fingerprint density at radius 3 is 2.10 bits per heavy atom. The van der Waals surface area contributed by atoms with Crippen LogP contribution in [0.25, 0.3) is 0 Å². The van der Waals surface area contributed by atoms with Crippen LogP contribution in [0.15, 0.2) is 84.9 Å². The Morgan fingerprint density at radius 2 is 1.44 bits per heavy atom. The van der Waals surface area contributed by atoms with Gasteiger partial charge in [-0.05, 0) is 48.6 Å². The van der Waals surface area contributed by atoms with Crippen LogP contribution in [0.5, 0.6) is 5.75 Å². The van der Waals surface area contributed by atoms with Crippen LogP contribution in [0, 0.1) is 5.41 Å². The average molecular weight is 530 g/mol. The Bertz CT molecular complexity index is 1160. The molecule has 3 amide bonds. The summed E-state index contributed by atoms with van der Waals surface area (Å²) in [6.07, 6.45) is 4.88. The Kier molecular flexibility index (Phi) is 10.4. The number of ether oxygens (including phenoxy) is 1. The summed E-state index contributed by atoms with van der Waals surface area (Å²) >= 11 is 0. The molecule has 0 aliphatic heterocycles. The van der Waals surface area contributed by atoms with E-state index in [0.29, 0.717) is 19.6 Å². The van der Waals surface area contributed by atoms with E-state index >= 15 is 0 Å². The van der Waals surface area contributed by atoms with Crippen LogP contribution >= 0.6 is 0 Å². The van der Waals surface area contributed by atoms with E-state index in [1.54, 1.807) is 0 Å². The predicted molar refractivity (Wildman–Crippen MR) is 152 cm³/mol. The molecule has 7 heteroatoms. The summed E-state index contributed by atoms with van der Waals surface area (Å²) in [7, 11) is 0. The number of nitrogens with one attached hydrogen (secondary N) is 3. The standard InChI is InChI=1S/C32H39N3O4/c1-25(21-26-15-17-29(18-16-26)38-23-28-13-7-3-8-14-28)39-35-30(36)32(19-9-4-10-20-32)24-34-31(37)33-22-27-11-5-2-6-12-27/h2-3,5-8,11-18,25H,4,9-10,19-24H2,1H3,(H,35,36)(H2,33,34,37)/t25-/m0/s1. The quantitative estimate of drug-likeness (QED) is 0.263. The van der Waals surface area contributed by atoms with Gasteiger partial charge in [-0.2, -0.15) is 0 Å². The molecule has 1 atom stereocenters. The number of rotatable bonds is 12. The van der Waals surface area contributed by atoms with E-state index in [1.807, 2.05) is 91.9 Å². The lowest BCUT2D eigenvalue weighted by Crippen LogP contribution is -2.51. The molecule has 0 spiro atoms. The Morgan fingerprint density at radius 1 is 0.795 bits per heavy atom. The first-order valence-corrected chi connectivity index (χ1v) is 13.8. The SMILES string of the molecule is C[C@@H](Cc1ccc(OCc2ccccc2)cc1)ONC(=O)C1(CNC(=O)NCc2ccccc2)CCCCC1. The Balaban J connectivity index is 1.22. The van der Waals surface area contributed by atoms with Gasteiger partial charge in [0, 0.05) is 19.5 Å². The largest absolute Gasteiger partial charge is 0.489 e. The number of amides is 3. The molecule has 1 aliphatic rings. The van der Waals surface area contributed by atoms with Gasteiger partial charge in [0.25, 0.3) is 5.91 Å². The topological polar surface area (TPSA) is 88.7 Å². The van der Waals surface area contributed by atoms with E-state index in [9.17, 15) is 9.59 Å². The highest BCUT2D eigenvalue weighted by molar-refractivity contribution is 5.83. The molecule has 3 aromatic rings. The van der Waals surface area contributed by atoms with Gasteiger partial charge < -0.3 is 15.4 Å². The summed E-state index contributed by atoms with van der Waals surface area (Å²) in [6.45, 7) is 3.17. The fraction of sp³-hybridized carbons (Fsp3) is 0.375. The lowest BCUT2D eigenvalue weighted by molar-refractivity contribution is -0.150. The molecular weight excluding hydrogens is 490 g/mol. The summed E-state index contributed by atoms with van der Waals surface area (Å²) in [5.74, 6) is 0.645. The minimum absolute atomic E-state index is 0.165. The van der Waals surface area contributed by atoms with E-state index in [2.05, 4.69) is 16.1 Å². The van der Waals surface area contributed by atoms with Crippen molar-refractivity contribution in [2.24, 2.45) is 5.41 Å². The smallest absolute Gasteiger partial charge is 0.315 e. The summed E-state index contributed by atoms with van der Waals surface area (Å²) in [4.78, 5) is 31.5. The molecular formula is C32H39N3O4. The molecule has 39 heavy (non-hydrogen) atoms. The van der Waals surface area contributed by atoms with Crippen LogP contribution in [-0.2, 0) is 29.2 Å². The highest BCUT2D eigenvalue weighted by Crippen LogP contribution is 2.36. The highest BCUT2D eigenvalue weighted by Gasteiger charge is 2.40. The van der Waals surface area contributed by atoms with Crippen molar-refractivity contribution < 1.29 is 19.2 Å². The molecule has 7 nitrogen and oxygen atoms in total. The number of benzene rings is 3. The third-order valence-electron chi connectivity index (χ3n) is 7.22. The van der Waals surface area contributed by atoms with Gasteiger partial charge in [0.2, 0.25) is 0 Å². The summed E-state index contributed by atoms with van der Waals surface area (Å²) in [5, 5.41) is 5.79. The predicted octanol–water partition coefficient (Wildman–Crippen LogP) is 5.69. The van der Waals surface area contributed by atoms with E-state index in [0.717, 1.165) is 54.5 Å².